The van der Waals surface area contributed by atoms with E-state index in [1.54, 1.807) is 0 Å². The number of hydrogen-bond acceptors (Lipinski definition) is 2. The van der Waals surface area contributed by atoms with Gasteiger partial charge in [-0.2, -0.15) is 0 Å². The van der Waals surface area contributed by atoms with Crippen LogP contribution in [0.1, 0.15) is 48.0 Å². The van der Waals surface area contributed by atoms with Crippen LogP contribution in [0.3, 0.4) is 0 Å². The summed E-state index contributed by atoms with van der Waals surface area (Å²) in [4.78, 5) is 16.5. The van der Waals surface area contributed by atoms with Crippen molar-refractivity contribution >= 4 is 5.91 Å². The van der Waals surface area contributed by atoms with Crippen LogP contribution in [0.4, 0.5) is 0 Å². The molecule has 0 aromatic carbocycles. The van der Waals surface area contributed by atoms with E-state index in [0.717, 1.165) is 32.6 Å². The number of hydrogen-bond donors (Lipinski definition) is 0. The molecule has 3 nitrogen and oxygen atoms in total. The van der Waals surface area contributed by atoms with Gasteiger partial charge in [-0.15, -0.1) is 0 Å². The van der Waals surface area contributed by atoms with Gasteiger partial charge in [0.15, 0.2) is 0 Å². The minimum atomic E-state index is 0.130. The summed E-state index contributed by atoms with van der Waals surface area (Å²) in [6.07, 6.45) is 0.955. The predicted molar refractivity (Wildman–Crippen MR) is 74.1 cm³/mol. The van der Waals surface area contributed by atoms with Crippen LogP contribution in [0.2, 0.25) is 0 Å². The second kappa shape index (κ2) is 8.51. The van der Waals surface area contributed by atoms with Crippen LogP contribution in [0.15, 0.2) is 0 Å². The maximum Gasteiger partial charge on any atom is 0.225 e. The lowest BCUT2D eigenvalue weighted by Crippen LogP contribution is -2.39. The third-order valence-electron chi connectivity index (χ3n) is 3.63. The Labute approximate surface area is 107 Å². The Hall–Kier alpha value is -0.570. The normalized spacial score (nSPS) is 14.8. The Morgan fingerprint density at radius 3 is 1.76 bits per heavy atom. The van der Waals surface area contributed by atoms with Gasteiger partial charge < -0.3 is 9.80 Å². The Bertz CT molecular complexity index is 210. The van der Waals surface area contributed by atoms with Crippen LogP contribution in [-0.2, 0) is 4.79 Å². The maximum absolute atomic E-state index is 12.1. The molecule has 0 rings (SSSR count). The molecule has 0 radical (unpaired) electrons. The van der Waals surface area contributed by atoms with E-state index in [1.165, 1.54) is 0 Å². The van der Waals surface area contributed by atoms with E-state index in [9.17, 15) is 4.79 Å². The molecule has 0 spiro atoms. The van der Waals surface area contributed by atoms with E-state index < -0.39 is 0 Å². The Morgan fingerprint density at radius 2 is 1.41 bits per heavy atom. The summed E-state index contributed by atoms with van der Waals surface area (Å²) in [5.41, 5.74) is 0. The molecule has 102 valence electrons. The van der Waals surface area contributed by atoms with Crippen molar-refractivity contribution in [3.05, 3.63) is 0 Å². The Balaban J connectivity index is 4.32. The second-order valence-electron chi connectivity index (χ2n) is 4.72. The first-order chi connectivity index (χ1) is 8.01. The summed E-state index contributed by atoms with van der Waals surface area (Å²) in [6.45, 7) is 16.5. The van der Waals surface area contributed by atoms with Gasteiger partial charge >= 0.3 is 0 Å². The zero-order chi connectivity index (χ0) is 13.4. The van der Waals surface area contributed by atoms with Crippen molar-refractivity contribution in [2.45, 2.75) is 54.0 Å². The molecule has 0 aromatic heterocycles. The highest BCUT2D eigenvalue weighted by Crippen LogP contribution is 2.14. The van der Waals surface area contributed by atoms with Crippen LogP contribution < -0.4 is 0 Å². The van der Waals surface area contributed by atoms with E-state index in [0.29, 0.717) is 11.9 Å². The molecule has 0 aliphatic rings. The van der Waals surface area contributed by atoms with Gasteiger partial charge in [-0.1, -0.05) is 20.8 Å². The van der Waals surface area contributed by atoms with Crippen LogP contribution in [0.25, 0.3) is 0 Å². The smallest absolute Gasteiger partial charge is 0.225 e. The minimum Gasteiger partial charge on any atom is -0.343 e. The van der Waals surface area contributed by atoms with Crippen LogP contribution in [0, 0.1) is 5.92 Å². The second-order valence-corrected chi connectivity index (χ2v) is 4.72. The van der Waals surface area contributed by atoms with Gasteiger partial charge in [0.05, 0.1) is 0 Å². The predicted octanol–water partition coefficient (Wildman–Crippen LogP) is 2.61. The van der Waals surface area contributed by atoms with Crippen molar-refractivity contribution in [1.29, 1.82) is 0 Å². The molecule has 17 heavy (non-hydrogen) atoms. The highest BCUT2D eigenvalue weighted by molar-refractivity contribution is 5.78. The van der Waals surface area contributed by atoms with Crippen molar-refractivity contribution in [2.75, 3.05) is 26.2 Å². The average Bonchev–Trinajstić information content (AvgIpc) is 2.31. The standard InChI is InChI=1S/C14H30N2O/c1-7-15(8-2)13(6)11-12(5)14(17)16(9-3)10-4/h12-13H,7-11H2,1-6H3. The van der Waals surface area contributed by atoms with Gasteiger partial charge in [-0.05, 0) is 40.3 Å². The van der Waals surface area contributed by atoms with Gasteiger partial charge in [-0.3, -0.25) is 4.79 Å². The summed E-state index contributed by atoms with van der Waals surface area (Å²) in [5, 5.41) is 0. The molecule has 3 heteroatoms. The lowest BCUT2D eigenvalue weighted by molar-refractivity contribution is -0.135. The van der Waals surface area contributed by atoms with E-state index >= 15 is 0 Å². The number of carbonyl (C=O) groups excluding carboxylic acids is 1. The average molecular weight is 242 g/mol. The zero-order valence-corrected chi connectivity index (χ0v) is 12.5. The molecule has 0 N–H and O–H groups in total. The highest BCUT2D eigenvalue weighted by atomic mass is 16.2. The number of rotatable bonds is 8. The summed E-state index contributed by atoms with van der Waals surface area (Å²) < 4.78 is 0. The van der Waals surface area contributed by atoms with Gasteiger partial charge in [0.2, 0.25) is 5.91 Å². The quantitative estimate of drug-likeness (QED) is 0.653. The summed E-state index contributed by atoms with van der Waals surface area (Å²) in [6, 6.07) is 0.486. The van der Waals surface area contributed by atoms with E-state index in [1.807, 2.05) is 18.7 Å². The summed E-state index contributed by atoms with van der Waals surface area (Å²) >= 11 is 0. The largest absolute Gasteiger partial charge is 0.343 e. The summed E-state index contributed by atoms with van der Waals surface area (Å²) in [7, 11) is 0. The van der Waals surface area contributed by atoms with Crippen molar-refractivity contribution in [3.8, 4) is 0 Å². The van der Waals surface area contributed by atoms with Crippen LogP contribution in [-0.4, -0.2) is 47.9 Å². The third kappa shape index (κ3) is 5.07. The molecule has 0 heterocycles. The monoisotopic (exact) mass is 242 g/mol. The summed E-state index contributed by atoms with van der Waals surface area (Å²) in [5.74, 6) is 0.430. The minimum absolute atomic E-state index is 0.130. The van der Waals surface area contributed by atoms with Gasteiger partial charge in [0.1, 0.15) is 0 Å². The maximum atomic E-state index is 12.1. The molecule has 0 aliphatic carbocycles. The Morgan fingerprint density at radius 1 is 0.941 bits per heavy atom. The molecule has 2 atom stereocenters. The fourth-order valence-corrected chi connectivity index (χ4v) is 2.46. The molecule has 0 saturated heterocycles. The fourth-order valence-electron chi connectivity index (χ4n) is 2.46. The number of nitrogens with zero attached hydrogens (tertiary/aromatic N) is 2. The molecular formula is C14H30N2O. The lowest BCUT2D eigenvalue weighted by atomic mass is 10.00. The first kappa shape index (κ1) is 16.4. The molecular weight excluding hydrogens is 212 g/mol. The van der Waals surface area contributed by atoms with Crippen molar-refractivity contribution in [3.63, 3.8) is 0 Å². The third-order valence-corrected chi connectivity index (χ3v) is 3.63. The van der Waals surface area contributed by atoms with Crippen molar-refractivity contribution in [1.82, 2.24) is 9.80 Å². The highest BCUT2D eigenvalue weighted by Gasteiger charge is 2.22. The Kier molecular flexibility index (Phi) is 8.23. The lowest BCUT2D eigenvalue weighted by Gasteiger charge is -2.30. The molecule has 2 unspecified atom stereocenters. The molecule has 0 bridgehead atoms. The van der Waals surface area contributed by atoms with Gasteiger partial charge in [0, 0.05) is 25.0 Å². The first-order valence-corrected chi connectivity index (χ1v) is 7.04. The van der Waals surface area contributed by atoms with Gasteiger partial charge in [0.25, 0.3) is 0 Å². The van der Waals surface area contributed by atoms with Gasteiger partial charge in [-0.25, -0.2) is 0 Å². The van der Waals surface area contributed by atoms with E-state index in [-0.39, 0.29) is 5.92 Å². The molecule has 0 fully saturated rings. The first-order valence-electron chi connectivity index (χ1n) is 7.04. The molecule has 0 aliphatic heterocycles. The van der Waals surface area contributed by atoms with Crippen LogP contribution in [0.5, 0.6) is 0 Å². The fraction of sp³-hybridized carbons (Fsp3) is 0.929. The SMILES string of the molecule is CCN(CC)C(=O)C(C)CC(C)N(CC)CC. The van der Waals surface area contributed by atoms with Crippen molar-refractivity contribution < 1.29 is 4.79 Å². The topological polar surface area (TPSA) is 23.6 Å². The van der Waals surface area contributed by atoms with E-state index in [2.05, 4.69) is 32.6 Å². The molecule has 0 aromatic rings. The van der Waals surface area contributed by atoms with Crippen molar-refractivity contribution in [2.24, 2.45) is 5.92 Å². The molecule has 0 saturated carbocycles. The number of carbonyl (C=O) groups is 1. The van der Waals surface area contributed by atoms with Crippen LogP contribution >= 0.6 is 0 Å². The zero-order valence-electron chi connectivity index (χ0n) is 12.5. The van der Waals surface area contributed by atoms with E-state index in [4.69, 9.17) is 0 Å². The number of amides is 1. The molecule has 1 amide bonds.